The molecule has 0 saturated heterocycles. The second-order valence-electron chi connectivity index (χ2n) is 7.08. The SMILES string of the molecule is CC(C)(C)CC#C[C@H]1C[C@@H](OC(C)(C)C)C1. The molecule has 0 bridgehead atoms. The molecular formula is C15H26O. The van der Waals surface area contributed by atoms with Crippen molar-refractivity contribution in [3.05, 3.63) is 0 Å². The molecule has 1 fully saturated rings. The summed E-state index contributed by atoms with van der Waals surface area (Å²) in [5.41, 5.74) is 0.326. The van der Waals surface area contributed by atoms with Gasteiger partial charge in [-0.1, -0.05) is 26.7 Å². The van der Waals surface area contributed by atoms with Crippen LogP contribution < -0.4 is 0 Å². The Hall–Kier alpha value is -0.480. The highest BCUT2D eigenvalue weighted by atomic mass is 16.5. The van der Waals surface area contributed by atoms with Crippen molar-refractivity contribution in [2.24, 2.45) is 11.3 Å². The van der Waals surface area contributed by atoms with E-state index in [0.717, 1.165) is 19.3 Å². The lowest BCUT2D eigenvalue weighted by atomic mass is 9.82. The van der Waals surface area contributed by atoms with Crippen LogP contribution in [0.4, 0.5) is 0 Å². The van der Waals surface area contributed by atoms with E-state index >= 15 is 0 Å². The van der Waals surface area contributed by atoms with E-state index in [-0.39, 0.29) is 5.60 Å². The highest BCUT2D eigenvalue weighted by molar-refractivity contribution is 5.09. The van der Waals surface area contributed by atoms with E-state index in [2.05, 4.69) is 53.4 Å². The molecule has 0 aliphatic heterocycles. The Morgan fingerprint density at radius 2 is 1.62 bits per heavy atom. The first-order chi connectivity index (χ1) is 7.16. The van der Waals surface area contributed by atoms with Crippen LogP contribution in [0.25, 0.3) is 0 Å². The van der Waals surface area contributed by atoms with Crippen molar-refractivity contribution in [3.63, 3.8) is 0 Å². The van der Waals surface area contributed by atoms with E-state index in [1.807, 2.05) is 0 Å². The first kappa shape index (κ1) is 13.6. The second kappa shape index (κ2) is 4.80. The summed E-state index contributed by atoms with van der Waals surface area (Å²) in [6, 6.07) is 0. The van der Waals surface area contributed by atoms with Crippen molar-refractivity contribution in [3.8, 4) is 11.8 Å². The molecule has 0 N–H and O–H groups in total. The standard InChI is InChI=1S/C15H26O/c1-14(2,3)9-7-8-12-10-13(11-12)16-15(4,5)6/h12-13H,9-11H2,1-6H3/t12-,13+. The number of ether oxygens (including phenoxy) is 1. The van der Waals surface area contributed by atoms with Crippen LogP contribution >= 0.6 is 0 Å². The van der Waals surface area contributed by atoms with E-state index < -0.39 is 0 Å². The van der Waals surface area contributed by atoms with Crippen LogP contribution in [-0.4, -0.2) is 11.7 Å². The maximum absolute atomic E-state index is 5.88. The molecule has 0 spiro atoms. The molecule has 0 aromatic heterocycles. The van der Waals surface area contributed by atoms with Gasteiger partial charge in [0.15, 0.2) is 0 Å². The zero-order valence-corrected chi connectivity index (χ0v) is 11.7. The molecular weight excluding hydrogens is 196 g/mol. The summed E-state index contributed by atoms with van der Waals surface area (Å²) in [4.78, 5) is 0. The summed E-state index contributed by atoms with van der Waals surface area (Å²) in [5.74, 6) is 7.24. The molecule has 0 aromatic rings. The summed E-state index contributed by atoms with van der Waals surface area (Å²) in [6.45, 7) is 13.0. The van der Waals surface area contributed by atoms with Gasteiger partial charge < -0.3 is 4.74 Å². The van der Waals surface area contributed by atoms with Gasteiger partial charge in [-0.25, -0.2) is 0 Å². The summed E-state index contributed by atoms with van der Waals surface area (Å²) in [7, 11) is 0. The van der Waals surface area contributed by atoms with Crippen molar-refractivity contribution < 1.29 is 4.74 Å². The zero-order valence-electron chi connectivity index (χ0n) is 11.7. The monoisotopic (exact) mass is 222 g/mol. The van der Waals surface area contributed by atoms with Crippen LogP contribution in [-0.2, 0) is 4.74 Å². The average Bonchev–Trinajstić information content (AvgIpc) is 1.94. The molecule has 0 heterocycles. The van der Waals surface area contributed by atoms with Gasteiger partial charge in [0, 0.05) is 12.3 Å². The van der Waals surface area contributed by atoms with Crippen molar-refractivity contribution in [2.75, 3.05) is 0 Å². The molecule has 0 radical (unpaired) electrons. The number of hydrogen-bond acceptors (Lipinski definition) is 1. The van der Waals surface area contributed by atoms with Crippen LogP contribution in [0, 0.1) is 23.2 Å². The molecule has 1 nitrogen and oxygen atoms in total. The van der Waals surface area contributed by atoms with Gasteiger partial charge in [0.2, 0.25) is 0 Å². The summed E-state index contributed by atoms with van der Waals surface area (Å²) in [5, 5.41) is 0. The van der Waals surface area contributed by atoms with Crippen molar-refractivity contribution in [1.29, 1.82) is 0 Å². The molecule has 0 unspecified atom stereocenters. The number of hydrogen-bond donors (Lipinski definition) is 0. The van der Waals surface area contributed by atoms with Gasteiger partial charge in [0.05, 0.1) is 11.7 Å². The van der Waals surface area contributed by atoms with Crippen LogP contribution in [0.5, 0.6) is 0 Å². The Morgan fingerprint density at radius 3 is 2.06 bits per heavy atom. The molecule has 1 aliphatic rings. The normalized spacial score (nSPS) is 25.6. The first-order valence-electron chi connectivity index (χ1n) is 6.32. The molecule has 1 saturated carbocycles. The van der Waals surface area contributed by atoms with Gasteiger partial charge in [-0.05, 0) is 39.0 Å². The lowest BCUT2D eigenvalue weighted by Crippen LogP contribution is -2.36. The summed E-state index contributed by atoms with van der Waals surface area (Å²) >= 11 is 0. The molecule has 16 heavy (non-hydrogen) atoms. The maximum atomic E-state index is 5.88. The molecule has 0 amide bonds. The lowest BCUT2D eigenvalue weighted by molar-refractivity contribution is -0.103. The Labute approximate surface area is 101 Å². The molecule has 1 aliphatic carbocycles. The highest BCUT2D eigenvalue weighted by Crippen LogP contribution is 2.32. The fourth-order valence-corrected chi connectivity index (χ4v) is 1.74. The summed E-state index contributed by atoms with van der Waals surface area (Å²) in [6.07, 6.45) is 3.67. The van der Waals surface area contributed by atoms with Crippen molar-refractivity contribution in [1.82, 2.24) is 0 Å². The Balaban J connectivity index is 2.22. The van der Waals surface area contributed by atoms with Crippen LogP contribution in [0.1, 0.15) is 60.8 Å². The van der Waals surface area contributed by atoms with Crippen LogP contribution in [0.15, 0.2) is 0 Å². The lowest BCUT2D eigenvalue weighted by Gasteiger charge is -2.37. The van der Waals surface area contributed by atoms with E-state index in [4.69, 9.17) is 4.74 Å². The fourth-order valence-electron chi connectivity index (χ4n) is 1.74. The predicted octanol–water partition coefficient (Wildman–Crippen LogP) is 4.02. The van der Waals surface area contributed by atoms with Crippen molar-refractivity contribution in [2.45, 2.75) is 72.5 Å². The first-order valence-corrected chi connectivity index (χ1v) is 6.32. The Kier molecular flexibility index (Phi) is 4.07. The van der Waals surface area contributed by atoms with E-state index in [1.165, 1.54) is 0 Å². The molecule has 1 heteroatoms. The van der Waals surface area contributed by atoms with Crippen molar-refractivity contribution >= 4 is 0 Å². The smallest absolute Gasteiger partial charge is 0.0605 e. The Morgan fingerprint density at radius 1 is 1.06 bits per heavy atom. The Bertz CT molecular complexity index is 273. The minimum absolute atomic E-state index is 0.00548. The quantitative estimate of drug-likeness (QED) is 0.609. The third kappa shape index (κ3) is 5.56. The van der Waals surface area contributed by atoms with E-state index in [9.17, 15) is 0 Å². The average molecular weight is 222 g/mol. The number of rotatable bonds is 1. The molecule has 0 aromatic carbocycles. The molecule has 92 valence electrons. The highest BCUT2D eigenvalue weighted by Gasteiger charge is 2.31. The second-order valence-corrected chi connectivity index (χ2v) is 7.08. The van der Waals surface area contributed by atoms with Gasteiger partial charge in [-0.3, -0.25) is 0 Å². The van der Waals surface area contributed by atoms with Gasteiger partial charge in [0.1, 0.15) is 0 Å². The summed E-state index contributed by atoms with van der Waals surface area (Å²) < 4.78 is 5.88. The van der Waals surface area contributed by atoms with Gasteiger partial charge in [0.25, 0.3) is 0 Å². The predicted molar refractivity (Wildman–Crippen MR) is 69.2 cm³/mol. The molecule has 1 rings (SSSR count). The topological polar surface area (TPSA) is 9.23 Å². The van der Waals surface area contributed by atoms with Crippen LogP contribution in [0.3, 0.4) is 0 Å². The van der Waals surface area contributed by atoms with Gasteiger partial charge >= 0.3 is 0 Å². The zero-order chi connectivity index (χ0) is 12.4. The third-order valence-corrected chi connectivity index (χ3v) is 2.54. The fraction of sp³-hybridized carbons (Fsp3) is 0.867. The third-order valence-electron chi connectivity index (χ3n) is 2.54. The minimum Gasteiger partial charge on any atom is -0.373 e. The van der Waals surface area contributed by atoms with E-state index in [0.29, 0.717) is 17.4 Å². The molecule has 0 atom stereocenters. The van der Waals surface area contributed by atoms with Gasteiger partial charge in [-0.2, -0.15) is 0 Å². The van der Waals surface area contributed by atoms with E-state index in [1.54, 1.807) is 0 Å². The maximum Gasteiger partial charge on any atom is 0.0605 e. The van der Waals surface area contributed by atoms with Crippen LogP contribution in [0.2, 0.25) is 0 Å². The minimum atomic E-state index is -0.00548. The van der Waals surface area contributed by atoms with Gasteiger partial charge in [-0.15, -0.1) is 5.92 Å². The largest absolute Gasteiger partial charge is 0.373 e.